The fourth-order valence-electron chi connectivity index (χ4n) is 2.87. The summed E-state index contributed by atoms with van der Waals surface area (Å²) in [5, 5.41) is 13.3. The standard InChI is InChI=1S/C21H18N4O3/c1-2-28-17-7-6-13-9-19(25-18(13)10-17)21(27)24-15-11-22-20(23-12-15)14-4-3-5-16(26)8-14/h3-12,25-26H,2H2,1H3,(H,24,27). The molecule has 0 bridgehead atoms. The van der Waals surface area contributed by atoms with E-state index < -0.39 is 0 Å². The molecular formula is C21H18N4O3. The van der Waals surface area contributed by atoms with Gasteiger partial charge in [-0.05, 0) is 37.3 Å². The lowest BCUT2D eigenvalue weighted by Crippen LogP contribution is -2.12. The average Bonchev–Trinajstić information content (AvgIpc) is 3.12. The van der Waals surface area contributed by atoms with Crippen LogP contribution in [0.4, 0.5) is 5.69 Å². The molecule has 0 unspecified atom stereocenters. The number of fused-ring (bicyclic) bond motifs is 1. The molecule has 1 amide bonds. The second-order valence-electron chi connectivity index (χ2n) is 6.16. The van der Waals surface area contributed by atoms with Crippen LogP contribution in [0, 0.1) is 0 Å². The van der Waals surface area contributed by atoms with Crippen molar-refractivity contribution in [2.45, 2.75) is 6.92 Å². The number of aromatic hydroxyl groups is 1. The number of phenolic OH excluding ortho intramolecular Hbond substituents is 1. The summed E-state index contributed by atoms with van der Waals surface area (Å²) in [5.41, 5.74) is 2.42. The van der Waals surface area contributed by atoms with Gasteiger partial charge >= 0.3 is 0 Å². The summed E-state index contributed by atoms with van der Waals surface area (Å²) in [6.07, 6.45) is 3.06. The molecule has 0 aliphatic rings. The van der Waals surface area contributed by atoms with Crippen molar-refractivity contribution < 1.29 is 14.6 Å². The Morgan fingerprint density at radius 1 is 1.14 bits per heavy atom. The Labute approximate surface area is 161 Å². The summed E-state index contributed by atoms with van der Waals surface area (Å²) >= 11 is 0. The molecule has 2 aromatic heterocycles. The topological polar surface area (TPSA) is 100 Å². The van der Waals surface area contributed by atoms with E-state index in [1.54, 1.807) is 30.3 Å². The zero-order valence-corrected chi connectivity index (χ0v) is 15.1. The molecule has 2 aromatic carbocycles. The highest BCUT2D eigenvalue weighted by atomic mass is 16.5. The molecule has 4 aromatic rings. The molecule has 0 spiro atoms. The summed E-state index contributed by atoms with van der Waals surface area (Å²) < 4.78 is 5.48. The average molecular weight is 374 g/mol. The van der Waals surface area contributed by atoms with Crippen LogP contribution >= 0.6 is 0 Å². The molecule has 0 aliphatic carbocycles. The first-order valence-electron chi connectivity index (χ1n) is 8.81. The van der Waals surface area contributed by atoms with Crippen LogP contribution in [0.5, 0.6) is 11.5 Å². The van der Waals surface area contributed by atoms with Gasteiger partial charge in [0.25, 0.3) is 5.91 Å². The Morgan fingerprint density at radius 2 is 1.96 bits per heavy atom. The lowest BCUT2D eigenvalue weighted by Gasteiger charge is -2.05. The predicted molar refractivity (Wildman–Crippen MR) is 107 cm³/mol. The number of rotatable bonds is 5. The zero-order chi connectivity index (χ0) is 19.5. The first-order chi connectivity index (χ1) is 13.6. The fraction of sp³-hybridized carbons (Fsp3) is 0.0952. The minimum Gasteiger partial charge on any atom is -0.508 e. The highest BCUT2D eigenvalue weighted by Crippen LogP contribution is 2.23. The lowest BCUT2D eigenvalue weighted by atomic mass is 10.2. The van der Waals surface area contributed by atoms with Crippen LogP contribution in [0.25, 0.3) is 22.3 Å². The van der Waals surface area contributed by atoms with Gasteiger partial charge in [-0.1, -0.05) is 12.1 Å². The van der Waals surface area contributed by atoms with Gasteiger partial charge in [-0.15, -0.1) is 0 Å². The Morgan fingerprint density at radius 3 is 2.71 bits per heavy atom. The van der Waals surface area contributed by atoms with Crippen molar-refractivity contribution >= 4 is 22.5 Å². The van der Waals surface area contributed by atoms with Crippen molar-refractivity contribution in [1.82, 2.24) is 15.0 Å². The van der Waals surface area contributed by atoms with E-state index in [0.29, 0.717) is 29.4 Å². The number of nitrogens with one attached hydrogen (secondary N) is 2. The van der Waals surface area contributed by atoms with Crippen LogP contribution < -0.4 is 10.1 Å². The number of phenols is 1. The van der Waals surface area contributed by atoms with Gasteiger partial charge in [0.1, 0.15) is 17.2 Å². The van der Waals surface area contributed by atoms with Crippen LogP contribution in [0.15, 0.2) is 60.9 Å². The Bertz CT molecular complexity index is 1140. The number of aromatic nitrogens is 3. The molecule has 4 rings (SSSR count). The highest BCUT2D eigenvalue weighted by molar-refractivity contribution is 6.05. The van der Waals surface area contributed by atoms with Gasteiger partial charge in [0.15, 0.2) is 5.82 Å². The number of ether oxygens (including phenoxy) is 1. The molecule has 2 heterocycles. The van der Waals surface area contributed by atoms with E-state index in [1.807, 2.05) is 25.1 Å². The van der Waals surface area contributed by atoms with Gasteiger partial charge < -0.3 is 20.1 Å². The monoisotopic (exact) mass is 374 g/mol. The van der Waals surface area contributed by atoms with Crippen molar-refractivity contribution in [3.8, 4) is 22.9 Å². The number of hydrogen-bond acceptors (Lipinski definition) is 5. The maximum absolute atomic E-state index is 12.5. The largest absolute Gasteiger partial charge is 0.508 e. The number of carbonyl (C=O) groups excluding carboxylic acids is 1. The normalized spacial score (nSPS) is 10.8. The number of H-pyrrole nitrogens is 1. The second kappa shape index (κ2) is 7.40. The number of carbonyl (C=O) groups is 1. The van der Waals surface area contributed by atoms with Gasteiger partial charge in [-0.25, -0.2) is 9.97 Å². The maximum atomic E-state index is 12.5. The number of hydrogen-bond donors (Lipinski definition) is 3. The number of aromatic amines is 1. The third-order valence-electron chi connectivity index (χ3n) is 4.16. The van der Waals surface area contributed by atoms with E-state index in [9.17, 15) is 9.90 Å². The molecule has 28 heavy (non-hydrogen) atoms. The first-order valence-corrected chi connectivity index (χ1v) is 8.81. The summed E-state index contributed by atoms with van der Waals surface area (Å²) in [7, 11) is 0. The van der Waals surface area contributed by atoms with Gasteiger partial charge in [-0.3, -0.25) is 4.79 Å². The Hall–Kier alpha value is -3.87. The van der Waals surface area contributed by atoms with Gasteiger partial charge in [0.2, 0.25) is 0 Å². The zero-order valence-electron chi connectivity index (χ0n) is 15.1. The quantitative estimate of drug-likeness (QED) is 0.491. The molecule has 0 saturated carbocycles. The van der Waals surface area contributed by atoms with Crippen LogP contribution in [0.2, 0.25) is 0 Å². The van der Waals surface area contributed by atoms with E-state index in [-0.39, 0.29) is 11.7 Å². The molecule has 0 aliphatic heterocycles. The van der Waals surface area contributed by atoms with Crippen LogP contribution in [-0.2, 0) is 0 Å². The smallest absolute Gasteiger partial charge is 0.272 e. The third kappa shape index (κ3) is 3.64. The maximum Gasteiger partial charge on any atom is 0.272 e. The minimum atomic E-state index is -0.289. The molecule has 7 heteroatoms. The molecule has 0 radical (unpaired) electrons. The first kappa shape index (κ1) is 17.5. The Kier molecular flexibility index (Phi) is 4.63. The predicted octanol–water partition coefficient (Wildman–Crippen LogP) is 3.98. The molecule has 0 fully saturated rings. The van der Waals surface area contributed by atoms with Crippen molar-refractivity contribution in [3.63, 3.8) is 0 Å². The van der Waals surface area contributed by atoms with Gasteiger partial charge in [-0.2, -0.15) is 0 Å². The van der Waals surface area contributed by atoms with E-state index in [4.69, 9.17) is 4.74 Å². The Balaban J connectivity index is 1.51. The van der Waals surface area contributed by atoms with E-state index in [2.05, 4.69) is 20.3 Å². The molecule has 3 N–H and O–H groups in total. The minimum absolute atomic E-state index is 0.143. The summed E-state index contributed by atoms with van der Waals surface area (Å²) in [5.74, 6) is 1.07. The van der Waals surface area contributed by atoms with Gasteiger partial charge in [0, 0.05) is 22.5 Å². The van der Waals surface area contributed by atoms with E-state index >= 15 is 0 Å². The molecule has 0 saturated heterocycles. The third-order valence-corrected chi connectivity index (χ3v) is 4.16. The van der Waals surface area contributed by atoms with Crippen molar-refractivity contribution in [3.05, 3.63) is 66.6 Å². The van der Waals surface area contributed by atoms with Crippen LogP contribution in [0.3, 0.4) is 0 Å². The van der Waals surface area contributed by atoms with Crippen LogP contribution in [0.1, 0.15) is 17.4 Å². The molecular weight excluding hydrogens is 356 g/mol. The number of nitrogens with zero attached hydrogens (tertiary/aromatic N) is 2. The van der Waals surface area contributed by atoms with Crippen molar-refractivity contribution in [1.29, 1.82) is 0 Å². The summed E-state index contributed by atoms with van der Waals surface area (Å²) in [4.78, 5) is 24.1. The lowest BCUT2D eigenvalue weighted by molar-refractivity contribution is 0.102. The summed E-state index contributed by atoms with van der Waals surface area (Å²) in [6, 6.07) is 14.1. The van der Waals surface area contributed by atoms with Crippen LogP contribution in [-0.4, -0.2) is 32.6 Å². The molecule has 7 nitrogen and oxygen atoms in total. The highest BCUT2D eigenvalue weighted by Gasteiger charge is 2.11. The number of anilines is 1. The van der Waals surface area contributed by atoms with Gasteiger partial charge in [0.05, 0.1) is 24.7 Å². The fourth-order valence-corrected chi connectivity index (χ4v) is 2.87. The molecule has 140 valence electrons. The SMILES string of the molecule is CCOc1ccc2cc(C(=O)Nc3cnc(-c4cccc(O)c4)nc3)[nH]c2c1. The van der Waals surface area contributed by atoms with E-state index in [1.165, 1.54) is 12.4 Å². The van der Waals surface area contributed by atoms with E-state index in [0.717, 1.165) is 16.7 Å². The number of benzene rings is 2. The van der Waals surface area contributed by atoms with Crippen molar-refractivity contribution in [2.75, 3.05) is 11.9 Å². The second-order valence-corrected chi connectivity index (χ2v) is 6.16. The van der Waals surface area contributed by atoms with Crippen molar-refractivity contribution in [2.24, 2.45) is 0 Å². The molecule has 0 atom stereocenters. The number of amides is 1. The summed E-state index contributed by atoms with van der Waals surface area (Å²) in [6.45, 7) is 2.50.